The van der Waals surface area contributed by atoms with Crippen molar-refractivity contribution in [2.24, 2.45) is 0 Å². The molecule has 0 saturated carbocycles. The first kappa shape index (κ1) is 11.2. The van der Waals surface area contributed by atoms with Crippen molar-refractivity contribution < 1.29 is 8.78 Å². The summed E-state index contributed by atoms with van der Waals surface area (Å²) < 4.78 is 27.3. The average Bonchev–Trinajstić information content (AvgIpc) is 2.83. The maximum Gasteiger partial charge on any atom is 0.260 e. The SMILES string of the molecule is FC(F)C1CCNc2cc(-c3ccccc3)nn21. The van der Waals surface area contributed by atoms with Gasteiger partial charge in [-0.2, -0.15) is 5.10 Å². The first-order chi connectivity index (χ1) is 8.75. The summed E-state index contributed by atoms with van der Waals surface area (Å²) in [5.41, 5.74) is 1.67. The molecule has 2 heterocycles. The molecular weight excluding hydrogens is 236 g/mol. The lowest BCUT2D eigenvalue weighted by atomic mass is 10.1. The van der Waals surface area contributed by atoms with Gasteiger partial charge >= 0.3 is 0 Å². The molecule has 1 aromatic carbocycles. The van der Waals surface area contributed by atoms with E-state index >= 15 is 0 Å². The Bertz CT molecular complexity index is 536. The van der Waals surface area contributed by atoms with Crippen LogP contribution in [0.3, 0.4) is 0 Å². The van der Waals surface area contributed by atoms with E-state index in [1.165, 1.54) is 4.68 Å². The minimum absolute atomic E-state index is 0.403. The van der Waals surface area contributed by atoms with Gasteiger partial charge in [0.2, 0.25) is 0 Å². The topological polar surface area (TPSA) is 29.9 Å². The standard InChI is InChI=1S/C13H13F2N3/c14-13(15)11-6-7-16-12-8-10(17-18(11)12)9-4-2-1-3-5-9/h1-5,8,11,13,16H,6-7H2. The molecule has 18 heavy (non-hydrogen) atoms. The number of nitrogens with one attached hydrogen (secondary N) is 1. The Morgan fingerprint density at radius 2 is 2.06 bits per heavy atom. The van der Waals surface area contributed by atoms with Gasteiger partial charge < -0.3 is 5.32 Å². The van der Waals surface area contributed by atoms with Crippen LogP contribution in [0.15, 0.2) is 36.4 Å². The number of nitrogens with zero attached hydrogens (tertiary/aromatic N) is 2. The van der Waals surface area contributed by atoms with Gasteiger partial charge in [-0.05, 0) is 6.42 Å². The van der Waals surface area contributed by atoms with Crippen LogP contribution in [0.4, 0.5) is 14.6 Å². The molecule has 5 heteroatoms. The number of aromatic nitrogens is 2. The van der Waals surface area contributed by atoms with Gasteiger partial charge in [0.1, 0.15) is 11.9 Å². The summed E-state index contributed by atoms with van der Waals surface area (Å²) in [6.07, 6.45) is -1.98. The number of anilines is 1. The van der Waals surface area contributed by atoms with Crippen LogP contribution in [0, 0.1) is 0 Å². The van der Waals surface area contributed by atoms with Crippen molar-refractivity contribution in [1.29, 1.82) is 0 Å². The lowest BCUT2D eigenvalue weighted by molar-refractivity contribution is 0.0716. The molecule has 3 nitrogen and oxygen atoms in total. The Hall–Kier alpha value is -1.91. The minimum atomic E-state index is -2.38. The van der Waals surface area contributed by atoms with Crippen LogP contribution in [0.25, 0.3) is 11.3 Å². The number of benzene rings is 1. The normalized spacial score (nSPS) is 18.5. The molecular formula is C13H13F2N3. The monoisotopic (exact) mass is 249 g/mol. The van der Waals surface area contributed by atoms with E-state index in [1.54, 1.807) is 0 Å². The number of rotatable bonds is 2. The molecule has 1 unspecified atom stereocenters. The number of hydrogen-bond acceptors (Lipinski definition) is 2. The van der Waals surface area contributed by atoms with Gasteiger partial charge in [0, 0.05) is 18.2 Å². The zero-order valence-electron chi connectivity index (χ0n) is 9.68. The van der Waals surface area contributed by atoms with E-state index in [4.69, 9.17) is 0 Å². The van der Waals surface area contributed by atoms with Gasteiger partial charge in [0.05, 0.1) is 5.69 Å². The van der Waals surface area contributed by atoms with Crippen molar-refractivity contribution in [2.45, 2.75) is 18.9 Å². The molecule has 0 saturated heterocycles. The Labute approximate surface area is 103 Å². The van der Waals surface area contributed by atoms with E-state index in [9.17, 15) is 8.78 Å². The van der Waals surface area contributed by atoms with Gasteiger partial charge in [0.15, 0.2) is 0 Å². The highest BCUT2D eigenvalue weighted by molar-refractivity contribution is 5.63. The summed E-state index contributed by atoms with van der Waals surface area (Å²) >= 11 is 0. The summed E-state index contributed by atoms with van der Waals surface area (Å²) in [6, 6.07) is 10.6. The van der Waals surface area contributed by atoms with Gasteiger partial charge in [0.25, 0.3) is 6.43 Å². The molecule has 2 aromatic rings. The predicted molar refractivity (Wildman–Crippen MR) is 65.8 cm³/mol. The molecule has 1 atom stereocenters. The molecule has 0 aliphatic carbocycles. The fraction of sp³-hybridized carbons (Fsp3) is 0.308. The Morgan fingerprint density at radius 3 is 2.78 bits per heavy atom. The Kier molecular flexibility index (Phi) is 2.74. The predicted octanol–water partition coefficient (Wildman–Crippen LogP) is 3.17. The molecule has 1 aliphatic heterocycles. The fourth-order valence-electron chi connectivity index (χ4n) is 2.23. The van der Waals surface area contributed by atoms with E-state index in [1.807, 2.05) is 36.4 Å². The zero-order chi connectivity index (χ0) is 12.5. The summed E-state index contributed by atoms with van der Waals surface area (Å²) in [7, 11) is 0. The van der Waals surface area contributed by atoms with Crippen molar-refractivity contribution >= 4 is 5.82 Å². The van der Waals surface area contributed by atoms with E-state index in [-0.39, 0.29) is 0 Å². The third-order valence-electron chi connectivity index (χ3n) is 3.16. The third-order valence-corrected chi connectivity index (χ3v) is 3.16. The molecule has 0 bridgehead atoms. The van der Waals surface area contributed by atoms with Crippen LogP contribution in [-0.2, 0) is 0 Å². The summed E-state index contributed by atoms with van der Waals surface area (Å²) in [5, 5.41) is 7.40. The molecule has 94 valence electrons. The molecule has 1 aliphatic rings. The van der Waals surface area contributed by atoms with Crippen LogP contribution >= 0.6 is 0 Å². The lowest BCUT2D eigenvalue weighted by Crippen LogP contribution is -2.28. The van der Waals surface area contributed by atoms with Gasteiger partial charge in [-0.1, -0.05) is 30.3 Å². The summed E-state index contributed by atoms with van der Waals surface area (Å²) in [5.74, 6) is 0.672. The van der Waals surface area contributed by atoms with Gasteiger partial charge in [-0.3, -0.25) is 0 Å². The second-order valence-corrected chi connectivity index (χ2v) is 4.34. The molecule has 0 radical (unpaired) electrons. The highest BCUT2D eigenvalue weighted by atomic mass is 19.3. The van der Waals surface area contributed by atoms with Crippen molar-refractivity contribution in [3.8, 4) is 11.3 Å². The molecule has 3 rings (SSSR count). The largest absolute Gasteiger partial charge is 0.370 e. The zero-order valence-corrected chi connectivity index (χ0v) is 9.68. The number of alkyl halides is 2. The van der Waals surface area contributed by atoms with Gasteiger partial charge in [-0.25, -0.2) is 13.5 Å². The molecule has 1 N–H and O–H groups in total. The molecule has 0 amide bonds. The minimum Gasteiger partial charge on any atom is -0.370 e. The van der Waals surface area contributed by atoms with Crippen molar-refractivity contribution in [1.82, 2.24) is 9.78 Å². The van der Waals surface area contributed by atoms with Crippen molar-refractivity contribution in [3.63, 3.8) is 0 Å². The Morgan fingerprint density at radius 1 is 1.28 bits per heavy atom. The third kappa shape index (κ3) is 1.85. The highest BCUT2D eigenvalue weighted by Gasteiger charge is 2.29. The van der Waals surface area contributed by atoms with Gasteiger partial charge in [-0.15, -0.1) is 0 Å². The van der Waals surface area contributed by atoms with Crippen LogP contribution in [-0.4, -0.2) is 22.8 Å². The van der Waals surface area contributed by atoms with E-state index in [0.717, 1.165) is 11.3 Å². The molecule has 0 spiro atoms. The average molecular weight is 249 g/mol. The van der Waals surface area contributed by atoms with E-state index in [2.05, 4.69) is 10.4 Å². The second-order valence-electron chi connectivity index (χ2n) is 4.34. The maximum atomic E-state index is 12.9. The first-order valence-electron chi connectivity index (χ1n) is 5.93. The number of fused-ring (bicyclic) bond motifs is 1. The quantitative estimate of drug-likeness (QED) is 0.886. The smallest absolute Gasteiger partial charge is 0.260 e. The van der Waals surface area contributed by atoms with Crippen molar-refractivity contribution in [3.05, 3.63) is 36.4 Å². The number of hydrogen-bond donors (Lipinski definition) is 1. The van der Waals surface area contributed by atoms with Crippen LogP contribution < -0.4 is 5.32 Å². The second kappa shape index (κ2) is 4.40. The fourth-order valence-corrected chi connectivity index (χ4v) is 2.23. The van der Waals surface area contributed by atoms with Crippen molar-refractivity contribution in [2.75, 3.05) is 11.9 Å². The Balaban J connectivity index is 2.01. The number of halogens is 2. The summed E-state index contributed by atoms with van der Waals surface area (Å²) in [6.45, 7) is 0.564. The molecule has 0 fully saturated rings. The maximum absolute atomic E-state index is 12.9. The van der Waals surface area contributed by atoms with Crippen LogP contribution in [0.1, 0.15) is 12.5 Å². The molecule has 1 aromatic heterocycles. The lowest BCUT2D eigenvalue weighted by Gasteiger charge is -2.24. The van der Waals surface area contributed by atoms with Crippen LogP contribution in [0.5, 0.6) is 0 Å². The van der Waals surface area contributed by atoms with E-state index in [0.29, 0.717) is 18.8 Å². The van der Waals surface area contributed by atoms with E-state index < -0.39 is 12.5 Å². The van der Waals surface area contributed by atoms with Crippen LogP contribution in [0.2, 0.25) is 0 Å². The summed E-state index contributed by atoms with van der Waals surface area (Å²) in [4.78, 5) is 0. The highest BCUT2D eigenvalue weighted by Crippen LogP contribution is 2.31. The first-order valence-corrected chi connectivity index (χ1v) is 5.93.